The molecule has 0 aromatic heterocycles. The van der Waals surface area contributed by atoms with Crippen molar-refractivity contribution < 1.29 is 14.3 Å². The summed E-state index contributed by atoms with van der Waals surface area (Å²) in [7, 11) is 0. The number of nitrogens with one attached hydrogen (secondary N) is 2. The first-order chi connectivity index (χ1) is 14.1. The van der Waals surface area contributed by atoms with E-state index in [0.29, 0.717) is 23.6 Å². The molecule has 6 heteroatoms. The summed E-state index contributed by atoms with van der Waals surface area (Å²) in [6, 6.07) is 14.6. The number of hydrogen-bond donors (Lipinski definition) is 2. The number of benzene rings is 2. The molecule has 0 fully saturated rings. The van der Waals surface area contributed by atoms with Crippen molar-refractivity contribution in [3.05, 3.63) is 54.1 Å². The minimum Gasteiger partial charge on any atom is -0.492 e. The van der Waals surface area contributed by atoms with E-state index in [9.17, 15) is 9.59 Å². The lowest BCUT2D eigenvalue weighted by Crippen LogP contribution is -2.32. The van der Waals surface area contributed by atoms with Crippen LogP contribution < -0.4 is 15.4 Å². The van der Waals surface area contributed by atoms with Gasteiger partial charge in [0.25, 0.3) is 5.91 Å². The summed E-state index contributed by atoms with van der Waals surface area (Å²) in [5, 5.41) is 5.94. The maximum absolute atomic E-state index is 12.8. The Morgan fingerprint density at radius 2 is 1.69 bits per heavy atom. The average Bonchev–Trinajstić information content (AvgIpc) is 2.73. The second-order valence-corrected chi connectivity index (χ2v) is 6.70. The molecule has 0 saturated heterocycles. The van der Waals surface area contributed by atoms with Crippen molar-refractivity contribution in [1.82, 2.24) is 4.90 Å². The summed E-state index contributed by atoms with van der Waals surface area (Å²) in [5.74, 6) is 0.510. The van der Waals surface area contributed by atoms with Crippen molar-refractivity contribution in [3.8, 4) is 5.75 Å². The third kappa shape index (κ3) is 6.82. The van der Waals surface area contributed by atoms with Gasteiger partial charge in [-0.25, -0.2) is 0 Å². The van der Waals surface area contributed by atoms with Gasteiger partial charge in [0.05, 0.1) is 18.8 Å². The van der Waals surface area contributed by atoms with Crippen LogP contribution in [0.3, 0.4) is 0 Å². The second kappa shape index (κ2) is 11.7. The summed E-state index contributed by atoms with van der Waals surface area (Å²) in [6.45, 7) is 8.14. The molecule has 2 amide bonds. The van der Waals surface area contributed by atoms with E-state index in [1.54, 1.807) is 24.3 Å². The monoisotopic (exact) mass is 397 g/mol. The standard InChI is InChI=1S/C23H31N3O3/c1-4-14-26(15-5-2)23(28)18-10-9-11-19(16-18)25-22(27)17-24-20-12-7-8-13-21(20)29-6-3/h7-13,16,24H,4-6,14-15,17H2,1-3H3,(H,25,27). The van der Waals surface area contributed by atoms with E-state index in [-0.39, 0.29) is 18.4 Å². The maximum Gasteiger partial charge on any atom is 0.253 e. The molecule has 0 unspecified atom stereocenters. The highest BCUT2D eigenvalue weighted by Crippen LogP contribution is 2.23. The number of anilines is 2. The minimum atomic E-state index is -0.195. The van der Waals surface area contributed by atoms with E-state index in [1.165, 1.54) is 0 Å². The van der Waals surface area contributed by atoms with Crippen LogP contribution in [-0.4, -0.2) is 43.0 Å². The summed E-state index contributed by atoms with van der Waals surface area (Å²) in [5.41, 5.74) is 1.95. The number of amides is 2. The van der Waals surface area contributed by atoms with Gasteiger partial charge in [-0.2, -0.15) is 0 Å². The minimum absolute atomic E-state index is 0.00596. The van der Waals surface area contributed by atoms with Gasteiger partial charge in [0.15, 0.2) is 0 Å². The third-order valence-corrected chi connectivity index (χ3v) is 4.29. The van der Waals surface area contributed by atoms with Gasteiger partial charge in [0.2, 0.25) is 5.91 Å². The molecule has 6 nitrogen and oxygen atoms in total. The van der Waals surface area contributed by atoms with Crippen LogP contribution in [0.5, 0.6) is 5.75 Å². The fourth-order valence-corrected chi connectivity index (χ4v) is 3.04. The van der Waals surface area contributed by atoms with Crippen LogP contribution in [0.1, 0.15) is 44.0 Å². The number of hydrogen-bond acceptors (Lipinski definition) is 4. The van der Waals surface area contributed by atoms with E-state index >= 15 is 0 Å². The van der Waals surface area contributed by atoms with Crippen molar-refractivity contribution in [2.75, 3.05) is 36.9 Å². The number of ether oxygens (including phenoxy) is 1. The molecule has 0 aliphatic heterocycles. The normalized spacial score (nSPS) is 10.3. The van der Waals surface area contributed by atoms with Crippen LogP contribution in [0, 0.1) is 0 Å². The van der Waals surface area contributed by atoms with Gasteiger partial charge in [0.1, 0.15) is 5.75 Å². The molecule has 0 heterocycles. The smallest absolute Gasteiger partial charge is 0.253 e. The molecular weight excluding hydrogens is 366 g/mol. The van der Waals surface area contributed by atoms with Gasteiger partial charge >= 0.3 is 0 Å². The fraction of sp³-hybridized carbons (Fsp3) is 0.391. The van der Waals surface area contributed by atoms with Crippen LogP contribution >= 0.6 is 0 Å². The highest BCUT2D eigenvalue weighted by Gasteiger charge is 2.15. The van der Waals surface area contributed by atoms with Crippen LogP contribution in [0.25, 0.3) is 0 Å². The third-order valence-electron chi connectivity index (χ3n) is 4.29. The molecule has 0 atom stereocenters. The van der Waals surface area contributed by atoms with Crippen molar-refractivity contribution in [3.63, 3.8) is 0 Å². The lowest BCUT2D eigenvalue weighted by atomic mass is 10.1. The van der Waals surface area contributed by atoms with Crippen LogP contribution in [0.2, 0.25) is 0 Å². The van der Waals surface area contributed by atoms with Gasteiger partial charge in [-0.05, 0) is 50.1 Å². The topological polar surface area (TPSA) is 70.7 Å². The lowest BCUT2D eigenvalue weighted by molar-refractivity contribution is -0.114. The zero-order valence-electron chi connectivity index (χ0n) is 17.5. The first-order valence-corrected chi connectivity index (χ1v) is 10.2. The van der Waals surface area contributed by atoms with Crippen molar-refractivity contribution in [2.45, 2.75) is 33.6 Å². The summed E-state index contributed by atoms with van der Waals surface area (Å²) in [4.78, 5) is 27.0. The molecule has 0 radical (unpaired) electrons. The molecule has 0 spiro atoms. The molecule has 29 heavy (non-hydrogen) atoms. The molecule has 2 rings (SSSR count). The molecule has 156 valence electrons. The highest BCUT2D eigenvalue weighted by molar-refractivity contribution is 5.98. The number of para-hydroxylation sites is 2. The Bertz CT molecular complexity index is 801. The molecule has 2 aromatic carbocycles. The summed E-state index contributed by atoms with van der Waals surface area (Å²) in [6.07, 6.45) is 1.83. The molecule has 0 aliphatic carbocycles. The first-order valence-electron chi connectivity index (χ1n) is 10.2. The molecule has 2 N–H and O–H groups in total. The molecular formula is C23H31N3O3. The zero-order chi connectivity index (χ0) is 21.1. The maximum atomic E-state index is 12.8. The van der Waals surface area contributed by atoms with Crippen LogP contribution in [0.4, 0.5) is 11.4 Å². The molecule has 0 bridgehead atoms. The lowest BCUT2D eigenvalue weighted by Gasteiger charge is -2.21. The predicted molar refractivity (Wildman–Crippen MR) is 118 cm³/mol. The van der Waals surface area contributed by atoms with E-state index < -0.39 is 0 Å². The Hall–Kier alpha value is -3.02. The Balaban J connectivity index is 1.99. The van der Waals surface area contributed by atoms with Crippen molar-refractivity contribution in [2.24, 2.45) is 0 Å². The average molecular weight is 398 g/mol. The van der Waals surface area contributed by atoms with Crippen LogP contribution in [0.15, 0.2) is 48.5 Å². The summed E-state index contributed by atoms with van der Waals surface area (Å²) < 4.78 is 5.56. The Morgan fingerprint density at radius 3 is 2.38 bits per heavy atom. The predicted octanol–water partition coefficient (Wildman–Crippen LogP) is 4.40. The SMILES string of the molecule is CCCN(CCC)C(=O)c1cccc(NC(=O)CNc2ccccc2OCC)c1. The van der Waals surface area contributed by atoms with Crippen molar-refractivity contribution in [1.29, 1.82) is 0 Å². The highest BCUT2D eigenvalue weighted by atomic mass is 16.5. The molecule has 0 saturated carbocycles. The fourth-order valence-electron chi connectivity index (χ4n) is 3.04. The van der Waals surface area contributed by atoms with Gasteiger partial charge < -0.3 is 20.3 Å². The van der Waals surface area contributed by atoms with Gasteiger partial charge in [-0.3, -0.25) is 9.59 Å². The Morgan fingerprint density at radius 1 is 0.966 bits per heavy atom. The van der Waals surface area contributed by atoms with E-state index in [0.717, 1.165) is 31.6 Å². The second-order valence-electron chi connectivity index (χ2n) is 6.70. The number of rotatable bonds is 11. The quantitative estimate of drug-likeness (QED) is 0.590. The van der Waals surface area contributed by atoms with E-state index in [4.69, 9.17) is 4.74 Å². The Kier molecular flexibility index (Phi) is 9.02. The van der Waals surface area contributed by atoms with E-state index in [2.05, 4.69) is 24.5 Å². The van der Waals surface area contributed by atoms with Gasteiger partial charge in [-0.1, -0.05) is 32.0 Å². The number of carbonyl (C=O) groups excluding carboxylic acids is 2. The van der Waals surface area contributed by atoms with Gasteiger partial charge in [0, 0.05) is 24.3 Å². The van der Waals surface area contributed by atoms with Crippen LogP contribution in [-0.2, 0) is 4.79 Å². The molecule has 0 aliphatic rings. The number of carbonyl (C=O) groups is 2. The largest absolute Gasteiger partial charge is 0.492 e. The first kappa shape index (κ1) is 22.3. The summed E-state index contributed by atoms with van der Waals surface area (Å²) >= 11 is 0. The molecule has 2 aromatic rings. The zero-order valence-corrected chi connectivity index (χ0v) is 17.5. The van der Waals surface area contributed by atoms with Crippen molar-refractivity contribution >= 4 is 23.2 Å². The number of nitrogens with zero attached hydrogens (tertiary/aromatic N) is 1. The Labute approximate surface area is 173 Å². The van der Waals surface area contributed by atoms with Gasteiger partial charge in [-0.15, -0.1) is 0 Å². The van der Waals surface area contributed by atoms with E-state index in [1.807, 2.05) is 36.1 Å².